The van der Waals surface area contributed by atoms with Crippen LogP contribution in [0.15, 0.2) is 64.6 Å². The third kappa shape index (κ3) is 3.59. The zero-order valence-corrected chi connectivity index (χ0v) is 17.9. The molecule has 0 bridgehead atoms. The van der Waals surface area contributed by atoms with Gasteiger partial charge < -0.3 is 14.3 Å². The Hall–Kier alpha value is -3.51. The number of hydrogen-bond acceptors (Lipinski definition) is 5. The van der Waals surface area contributed by atoms with Crippen molar-refractivity contribution in [3.63, 3.8) is 0 Å². The van der Waals surface area contributed by atoms with Gasteiger partial charge in [-0.15, -0.1) is 0 Å². The summed E-state index contributed by atoms with van der Waals surface area (Å²) >= 11 is 6.13. The fourth-order valence-corrected chi connectivity index (χ4v) is 3.95. The van der Waals surface area contributed by atoms with Crippen molar-refractivity contribution in [3.8, 4) is 5.75 Å². The molecular weight excluding hydrogens is 418 g/mol. The Balaban J connectivity index is 1.94. The number of Topliss-reactive ketones (excluding diaryl/α,β-unsaturated/α-hetero) is 1. The molecule has 0 spiro atoms. The Morgan fingerprint density at radius 3 is 2.48 bits per heavy atom. The summed E-state index contributed by atoms with van der Waals surface area (Å²) in [5.41, 5.74) is 1.50. The average Bonchev–Trinajstić information content (AvgIpc) is 3.28. The fourth-order valence-electron chi connectivity index (χ4n) is 3.77. The molecule has 1 N–H and O–H groups in total. The maximum atomic E-state index is 13.1. The zero-order valence-electron chi connectivity index (χ0n) is 17.2. The summed E-state index contributed by atoms with van der Waals surface area (Å²) < 4.78 is 11.0. The third-order valence-corrected chi connectivity index (χ3v) is 5.49. The number of aliphatic hydroxyl groups is 1. The number of hydrogen-bond donors (Lipinski definition) is 1. The van der Waals surface area contributed by atoms with Gasteiger partial charge in [-0.3, -0.25) is 14.5 Å². The van der Waals surface area contributed by atoms with Crippen LogP contribution >= 0.6 is 11.6 Å². The second-order valence-electron chi connectivity index (χ2n) is 7.28. The molecule has 2 aromatic carbocycles. The van der Waals surface area contributed by atoms with Crippen LogP contribution in [0.25, 0.3) is 5.76 Å². The molecule has 0 aliphatic carbocycles. The van der Waals surface area contributed by atoms with Crippen LogP contribution in [-0.2, 0) is 9.59 Å². The van der Waals surface area contributed by atoms with Crippen LogP contribution in [0.5, 0.6) is 5.75 Å². The number of aliphatic hydroxyl groups excluding tert-OH is 1. The molecule has 1 atom stereocenters. The van der Waals surface area contributed by atoms with Crippen molar-refractivity contribution >= 4 is 34.7 Å². The quantitative estimate of drug-likeness (QED) is 0.345. The van der Waals surface area contributed by atoms with E-state index < -0.39 is 17.7 Å². The van der Waals surface area contributed by atoms with Crippen molar-refractivity contribution in [2.75, 3.05) is 12.0 Å². The second kappa shape index (κ2) is 7.96. The smallest absolute Gasteiger partial charge is 0.300 e. The Kier molecular flexibility index (Phi) is 5.33. The van der Waals surface area contributed by atoms with Gasteiger partial charge in [0.05, 0.1) is 12.7 Å². The summed E-state index contributed by atoms with van der Waals surface area (Å²) in [6.45, 7) is 3.55. The highest BCUT2D eigenvalue weighted by molar-refractivity contribution is 6.51. The number of halogens is 1. The molecule has 31 heavy (non-hydrogen) atoms. The summed E-state index contributed by atoms with van der Waals surface area (Å²) in [5.74, 6) is -0.244. The van der Waals surface area contributed by atoms with E-state index in [9.17, 15) is 14.7 Å². The lowest BCUT2D eigenvalue weighted by Gasteiger charge is -2.23. The molecule has 3 aromatic rings. The van der Waals surface area contributed by atoms with E-state index in [1.807, 2.05) is 0 Å². The van der Waals surface area contributed by atoms with E-state index in [1.54, 1.807) is 75.6 Å². The van der Waals surface area contributed by atoms with Gasteiger partial charge in [0.2, 0.25) is 0 Å². The maximum Gasteiger partial charge on any atom is 0.300 e. The first-order chi connectivity index (χ1) is 14.8. The third-order valence-electron chi connectivity index (χ3n) is 5.25. The summed E-state index contributed by atoms with van der Waals surface area (Å²) in [4.78, 5) is 27.5. The van der Waals surface area contributed by atoms with Gasteiger partial charge in [-0.2, -0.15) is 0 Å². The predicted octanol–water partition coefficient (Wildman–Crippen LogP) is 5.18. The van der Waals surface area contributed by atoms with E-state index in [-0.39, 0.29) is 11.3 Å². The number of amides is 1. The molecule has 1 aromatic heterocycles. The van der Waals surface area contributed by atoms with Crippen molar-refractivity contribution in [2.45, 2.75) is 19.9 Å². The first-order valence-corrected chi connectivity index (χ1v) is 9.97. The van der Waals surface area contributed by atoms with Gasteiger partial charge >= 0.3 is 0 Å². The molecular formula is C24H20ClNO5. The molecule has 7 heteroatoms. The molecule has 6 nitrogen and oxygen atoms in total. The monoisotopic (exact) mass is 437 g/mol. The lowest BCUT2D eigenvalue weighted by atomic mass is 9.97. The molecule has 1 aliphatic rings. The number of anilines is 1. The number of ketones is 1. The van der Waals surface area contributed by atoms with Crippen molar-refractivity contribution in [1.82, 2.24) is 0 Å². The zero-order chi connectivity index (χ0) is 22.3. The predicted molar refractivity (Wildman–Crippen MR) is 117 cm³/mol. The first kappa shape index (κ1) is 20.8. The Morgan fingerprint density at radius 1 is 1.10 bits per heavy atom. The molecule has 1 amide bonds. The number of carbonyl (C=O) groups excluding carboxylic acids is 2. The molecule has 1 aliphatic heterocycles. The van der Waals surface area contributed by atoms with E-state index >= 15 is 0 Å². The van der Waals surface area contributed by atoms with E-state index in [4.69, 9.17) is 20.8 Å². The number of methoxy groups -OCH3 is 1. The van der Waals surface area contributed by atoms with Gasteiger partial charge in [0.1, 0.15) is 29.1 Å². The van der Waals surface area contributed by atoms with Crippen molar-refractivity contribution in [2.24, 2.45) is 0 Å². The molecule has 4 rings (SSSR count). The van der Waals surface area contributed by atoms with Crippen LogP contribution in [0, 0.1) is 13.8 Å². The molecule has 0 radical (unpaired) electrons. The largest absolute Gasteiger partial charge is 0.507 e. The number of rotatable bonds is 4. The van der Waals surface area contributed by atoms with Gasteiger partial charge in [-0.1, -0.05) is 17.7 Å². The van der Waals surface area contributed by atoms with Gasteiger partial charge in [0, 0.05) is 16.3 Å². The van der Waals surface area contributed by atoms with Gasteiger partial charge in [-0.05, 0) is 67.9 Å². The minimum atomic E-state index is -0.936. The molecule has 158 valence electrons. The molecule has 2 heterocycles. The summed E-state index contributed by atoms with van der Waals surface area (Å²) in [5, 5.41) is 11.6. The summed E-state index contributed by atoms with van der Waals surface area (Å²) in [6, 6.07) is 14.2. The normalized spacial score (nSPS) is 17.9. The lowest BCUT2D eigenvalue weighted by molar-refractivity contribution is -0.132. The number of ether oxygens (including phenoxy) is 1. The summed E-state index contributed by atoms with van der Waals surface area (Å²) in [7, 11) is 1.55. The maximum absolute atomic E-state index is 13.1. The van der Waals surface area contributed by atoms with Crippen molar-refractivity contribution < 1.29 is 23.8 Å². The van der Waals surface area contributed by atoms with Crippen LogP contribution in [0.2, 0.25) is 5.02 Å². The van der Waals surface area contributed by atoms with E-state index in [1.165, 1.54) is 4.90 Å². The van der Waals surface area contributed by atoms with Crippen molar-refractivity contribution in [1.29, 1.82) is 0 Å². The standard InChI is InChI=1S/C24H20ClNO5/c1-13-11-17(30-3)8-9-18(13)22(27)20-21(19-10-7-14(2)31-19)26(24(29)23(20)28)16-6-4-5-15(25)12-16/h4-12,21,27H,1-3H3/b22-20-. The Morgan fingerprint density at radius 2 is 1.87 bits per heavy atom. The van der Waals surface area contributed by atoms with Crippen molar-refractivity contribution in [3.05, 3.63) is 87.8 Å². The lowest BCUT2D eigenvalue weighted by Crippen LogP contribution is -2.29. The Bertz CT molecular complexity index is 1230. The first-order valence-electron chi connectivity index (χ1n) is 9.59. The fraction of sp³-hybridized carbons (Fsp3) is 0.167. The van der Waals surface area contributed by atoms with Crippen LogP contribution in [-0.4, -0.2) is 23.9 Å². The highest BCUT2D eigenvalue weighted by atomic mass is 35.5. The van der Waals surface area contributed by atoms with E-state index in [0.717, 1.165) is 0 Å². The van der Waals surface area contributed by atoms with Gasteiger partial charge in [0.15, 0.2) is 0 Å². The molecule has 1 saturated heterocycles. The van der Waals surface area contributed by atoms with E-state index in [0.29, 0.717) is 39.1 Å². The highest BCUT2D eigenvalue weighted by Crippen LogP contribution is 2.43. The average molecular weight is 438 g/mol. The minimum Gasteiger partial charge on any atom is -0.507 e. The molecule has 0 saturated carbocycles. The van der Waals surface area contributed by atoms with Gasteiger partial charge in [0.25, 0.3) is 11.7 Å². The topological polar surface area (TPSA) is 80.0 Å². The minimum absolute atomic E-state index is 0.0485. The van der Waals surface area contributed by atoms with Crippen LogP contribution in [0.3, 0.4) is 0 Å². The molecule has 1 fully saturated rings. The number of benzene rings is 2. The molecule has 1 unspecified atom stereocenters. The van der Waals surface area contributed by atoms with Crippen LogP contribution < -0.4 is 9.64 Å². The number of nitrogens with zero attached hydrogens (tertiary/aromatic N) is 1. The number of aryl methyl sites for hydroxylation is 2. The second-order valence-corrected chi connectivity index (χ2v) is 7.71. The highest BCUT2D eigenvalue weighted by Gasteiger charge is 2.48. The number of carbonyl (C=O) groups is 2. The number of furan rings is 1. The van der Waals surface area contributed by atoms with Crippen LogP contribution in [0.4, 0.5) is 5.69 Å². The van der Waals surface area contributed by atoms with Crippen LogP contribution in [0.1, 0.15) is 28.7 Å². The van der Waals surface area contributed by atoms with E-state index in [2.05, 4.69) is 0 Å². The Labute approximate surface area is 184 Å². The van der Waals surface area contributed by atoms with Gasteiger partial charge in [-0.25, -0.2) is 0 Å². The summed E-state index contributed by atoms with van der Waals surface area (Å²) in [6.07, 6.45) is 0. The SMILES string of the molecule is COc1ccc(/C(O)=C2/C(=O)C(=O)N(c3cccc(Cl)c3)C2c2ccc(C)o2)c(C)c1.